The van der Waals surface area contributed by atoms with Gasteiger partial charge in [-0.1, -0.05) is 40.5 Å². The highest BCUT2D eigenvalue weighted by Gasteiger charge is 2.17. The molecule has 0 aliphatic heterocycles. The van der Waals surface area contributed by atoms with E-state index >= 15 is 0 Å². The van der Waals surface area contributed by atoms with Crippen molar-refractivity contribution >= 4 is 27.5 Å². The van der Waals surface area contributed by atoms with Crippen LogP contribution in [0.2, 0.25) is 5.02 Å². The maximum Gasteiger partial charge on any atom is 0.0953 e. The summed E-state index contributed by atoms with van der Waals surface area (Å²) in [6, 6.07) is 7.96. The predicted octanol–water partition coefficient (Wildman–Crippen LogP) is 4.78. The van der Waals surface area contributed by atoms with Crippen LogP contribution in [-0.2, 0) is 0 Å². The second kappa shape index (κ2) is 6.41. The Labute approximate surface area is 120 Å². The minimum absolute atomic E-state index is 0.121. The molecule has 0 radical (unpaired) electrons. The molecule has 2 nitrogen and oxygen atoms in total. The second-order valence-corrected chi connectivity index (χ2v) is 5.40. The van der Waals surface area contributed by atoms with Crippen molar-refractivity contribution in [2.75, 3.05) is 6.54 Å². The van der Waals surface area contributed by atoms with Crippen LogP contribution in [0.15, 0.2) is 45.7 Å². The van der Waals surface area contributed by atoms with Crippen LogP contribution in [0.4, 0.5) is 0 Å². The first kappa shape index (κ1) is 13.7. The fraction of sp³-hybridized carbons (Fsp3) is 0.286. The van der Waals surface area contributed by atoms with Gasteiger partial charge < -0.3 is 9.73 Å². The van der Waals surface area contributed by atoms with Crippen LogP contribution < -0.4 is 5.32 Å². The van der Waals surface area contributed by atoms with Gasteiger partial charge in [0.15, 0.2) is 0 Å². The van der Waals surface area contributed by atoms with Gasteiger partial charge in [-0.15, -0.1) is 0 Å². The highest BCUT2D eigenvalue weighted by Crippen LogP contribution is 2.30. The van der Waals surface area contributed by atoms with E-state index in [0.717, 1.165) is 33.6 Å². The molecule has 0 amide bonds. The van der Waals surface area contributed by atoms with Gasteiger partial charge in [0.1, 0.15) is 0 Å². The summed E-state index contributed by atoms with van der Waals surface area (Å²) in [6.07, 6.45) is 4.55. The molecule has 4 heteroatoms. The highest BCUT2D eigenvalue weighted by atomic mass is 79.9. The Morgan fingerprint density at radius 3 is 2.83 bits per heavy atom. The number of hydrogen-bond donors (Lipinski definition) is 1. The van der Waals surface area contributed by atoms with Crippen molar-refractivity contribution in [3.63, 3.8) is 0 Å². The van der Waals surface area contributed by atoms with Gasteiger partial charge in [0.2, 0.25) is 0 Å². The Balaban J connectivity index is 2.33. The Morgan fingerprint density at radius 2 is 2.22 bits per heavy atom. The third-order valence-electron chi connectivity index (χ3n) is 2.75. The summed E-state index contributed by atoms with van der Waals surface area (Å²) >= 11 is 9.55. The molecule has 0 saturated heterocycles. The van der Waals surface area contributed by atoms with Crippen molar-refractivity contribution in [3.05, 3.63) is 57.4 Å². The molecule has 1 heterocycles. The van der Waals surface area contributed by atoms with Gasteiger partial charge in [-0.2, -0.15) is 0 Å². The number of nitrogens with one attached hydrogen (secondary N) is 1. The summed E-state index contributed by atoms with van der Waals surface area (Å²) in [6.45, 7) is 3.10. The van der Waals surface area contributed by atoms with E-state index in [0.29, 0.717) is 0 Å². The minimum atomic E-state index is 0.121. The molecule has 1 aromatic carbocycles. The molecule has 0 fully saturated rings. The topological polar surface area (TPSA) is 25.2 Å². The highest BCUT2D eigenvalue weighted by molar-refractivity contribution is 9.10. The van der Waals surface area contributed by atoms with E-state index in [4.69, 9.17) is 16.0 Å². The molecule has 1 atom stereocenters. The van der Waals surface area contributed by atoms with Crippen molar-refractivity contribution in [2.45, 2.75) is 19.4 Å². The molecule has 1 aromatic heterocycles. The molecule has 0 saturated carbocycles. The molecule has 1 N–H and O–H groups in total. The van der Waals surface area contributed by atoms with E-state index in [2.05, 4.69) is 28.2 Å². The molecular formula is C14H15BrClNO. The number of furan rings is 1. The maximum absolute atomic E-state index is 5.98. The lowest BCUT2D eigenvalue weighted by Gasteiger charge is -2.19. The maximum atomic E-state index is 5.98. The predicted molar refractivity (Wildman–Crippen MR) is 78.0 cm³/mol. The number of hydrogen-bond acceptors (Lipinski definition) is 2. The smallest absolute Gasteiger partial charge is 0.0953 e. The van der Waals surface area contributed by atoms with Crippen LogP contribution in [0, 0.1) is 0 Å². The largest absolute Gasteiger partial charge is 0.472 e. The third-order valence-corrected chi connectivity index (χ3v) is 3.67. The molecule has 96 valence electrons. The first-order valence-electron chi connectivity index (χ1n) is 5.92. The molecule has 0 aliphatic rings. The van der Waals surface area contributed by atoms with Crippen molar-refractivity contribution in [1.82, 2.24) is 5.32 Å². The van der Waals surface area contributed by atoms with Gasteiger partial charge in [0, 0.05) is 15.1 Å². The van der Waals surface area contributed by atoms with Crippen LogP contribution >= 0.6 is 27.5 Å². The van der Waals surface area contributed by atoms with Crippen LogP contribution in [0.25, 0.3) is 0 Å². The normalized spacial score (nSPS) is 12.6. The third kappa shape index (κ3) is 3.16. The lowest BCUT2D eigenvalue weighted by molar-refractivity contribution is 0.548. The van der Waals surface area contributed by atoms with Crippen molar-refractivity contribution in [2.24, 2.45) is 0 Å². The molecule has 1 unspecified atom stereocenters. The fourth-order valence-corrected chi connectivity index (χ4v) is 2.78. The lowest BCUT2D eigenvalue weighted by Crippen LogP contribution is -2.23. The average molecular weight is 329 g/mol. The summed E-state index contributed by atoms with van der Waals surface area (Å²) in [5.41, 5.74) is 2.28. The second-order valence-electron chi connectivity index (χ2n) is 4.11. The summed E-state index contributed by atoms with van der Waals surface area (Å²) in [4.78, 5) is 0. The van der Waals surface area contributed by atoms with E-state index in [1.165, 1.54) is 0 Å². The Kier molecular flexibility index (Phi) is 4.87. The van der Waals surface area contributed by atoms with Gasteiger partial charge in [0.05, 0.1) is 18.6 Å². The van der Waals surface area contributed by atoms with E-state index in [9.17, 15) is 0 Å². The van der Waals surface area contributed by atoms with Gasteiger partial charge in [-0.3, -0.25) is 0 Å². The zero-order chi connectivity index (χ0) is 13.0. The van der Waals surface area contributed by atoms with Crippen molar-refractivity contribution < 1.29 is 4.42 Å². The lowest BCUT2D eigenvalue weighted by atomic mass is 10.0. The average Bonchev–Trinajstić information content (AvgIpc) is 2.85. The zero-order valence-corrected chi connectivity index (χ0v) is 12.5. The first-order chi connectivity index (χ1) is 8.72. The Bertz CT molecular complexity index is 499. The molecular weight excluding hydrogens is 314 g/mol. The Hall–Kier alpha value is -0.770. The van der Waals surface area contributed by atoms with E-state index in [-0.39, 0.29) is 6.04 Å². The fourth-order valence-electron chi connectivity index (χ4n) is 1.87. The Morgan fingerprint density at radius 1 is 1.39 bits per heavy atom. The SMILES string of the molecule is CCCNC(c1ccoc1)c1ccc(Cl)cc1Br. The van der Waals surface area contributed by atoms with Gasteiger partial charge in [-0.25, -0.2) is 0 Å². The zero-order valence-electron chi connectivity index (χ0n) is 10.1. The summed E-state index contributed by atoms with van der Waals surface area (Å²) in [7, 11) is 0. The van der Waals surface area contributed by atoms with Gasteiger partial charge >= 0.3 is 0 Å². The molecule has 0 bridgehead atoms. The number of halogens is 2. The van der Waals surface area contributed by atoms with E-state index in [1.807, 2.05) is 24.3 Å². The van der Waals surface area contributed by atoms with Crippen molar-refractivity contribution in [1.29, 1.82) is 0 Å². The van der Waals surface area contributed by atoms with E-state index in [1.54, 1.807) is 12.5 Å². The summed E-state index contributed by atoms with van der Waals surface area (Å²) < 4.78 is 6.18. The monoisotopic (exact) mass is 327 g/mol. The number of benzene rings is 1. The van der Waals surface area contributed by atoms with Crippen molar-refractivity contribution in [3.8, 4) is 0 Å². The molecule has 18 heavy (non-hydrogen) atoms. The molecule has 0 aliphatic carbocycles. The number of rotatable bonds is 5. The van der Waals surface area contributed by atoms with Gasteiger partial charge in [0.25, 0.3) is 0 Å². The molecule has 2 aromatic rings. The minimum Gasteiger partial charge on any atom is -0.472 e. The first-order valence-corrected chi connectivity index (χ1v) is 7.10. The van der Waals surface area contributed by atoms with Crippen LogP contribution in [-0.4, -0.2) is 6.54 Å². The molecule has 0 spiro atoms. The van der Waals surface area contributed by atoms with Crippen LogP contribution in [0.5, 0.6) is 0 Å². The summed E-state index contributed by atoms with van der Waals surface area (Å²) in [5, 5.41) is 4.24. The quantitative estimate of drug-likeness (QED) is 0.854. The van der Waals surface area contributed by atoms with Crippen LogP contribution in [0.1, 0.15) is 30.5 Å². The summed E-state index contributed by atoms with van der Waals surface area (Å²) in [5.74, 6) is 0. The van der Waals surface area contributed by atoms with E-state index < -0.39 is 0 Å². The standard InChI is InChI=1S/C14H15BrClNO/c1-2-6-17-14(10-5-7-18-9-10)12-4-3-11(16)8-13(12)15/h3-5,7-9,14,17H,2,6H2,1H3. The van der Waals surface area contributed by atoms with Gasteiger partial charge in [-0.05, 0) is 36.7 Å². The van der Waals surface area contributed by atoms with Crippen LogP contribution in [0.3, 0.4) is 0 Å². The molecule has 2 rings (SSSR count).